The van der Waals surface area contributed by atoms with Crippen molar-refractivity contribution >= 4 is 5.97 Å². The third-order valence-corrected chi connectivity index (χ3v) is 3.85. The molecular formula is C16H17NO3. The maximum atomic E-state index is 11.0. The van der Waals surface area contributed by atoms with E-state index >= 15 is 0 Å². The monoisotopic (exact) mass is 271 g/mol. The van der Waals surface area contributed by atoms with Gasteiger partial charge in [0, 0.05) is 6.04 Å². The lowest BCUT2D eigenvalue weighted by Crippen LogP contribution is -2.18. The van der Waals surface area contributed by atoms with Crippen molar-refractivity contribution in [2.24, 2.45) is 0 Å². The Morgan fingerprint density at radius 3 is 3.00 bits per heavy atom. The number of hydrogen-bond donors (Lipinski definition) is 2. The number of rotatable bonds is 4. The summed E-state index contributed by atoms with van der Waals surface area (Å²) in [5, 5.41) is 12.5. The molecule has 0 saturated carbocycles. The van der Waals surface area contributed by atoms with E-state index in [0.717, 1.165) is 12.8 Å². The summed E-state index contributed by atoms with van der Waals surface area (Å²) in [6.45, 7) is 2.23. The first-order valence-electron chi connectivity index (χ1n) is 6.79. The highest BCUT2D eigenvalue weighted by atomic mass is 16.4. The quantitative estimate of drug-likeness (QED) is 0.897. The largest absolute Gasteiger partial charge is 0.478 e. The molecule has 0 radical (unpaired) electrons. The molecule has 20 heavy (non-hydrogen) atoms. The third-order valence-electron chi connectivity index (χ3n) is 3.85. The maximum Gasteiger partial charge on any atom is 0.339 e. The lowest BCUT2D eigenvalue weighted by Gasteiger charge is -2.12. The summed E-state index contributed by atoms with van der Waals surface area (Å²) in [7, 11) is 0. The van der Waals surface area contributed by atoms with E-state index in [1.807, 2.05) is 0 Å². The molecule has 1 heterocycles. The van der Waals surface area contributed by atoms with E-state index in [0.29, 0.717) is 24.1 Å². The fourth-order valence-corrected chi connectivity index (χ4v) is 2.84. The molecule has 0 saturated heterocycles. The SMILES string of the molecule is Cc1oc(CNC2CCc3ccccc32)cc1C(=O)O. The molecule has 1 atom stereocenters. The molecule has 1 unspecified atom stereocenters. The molecule has 3 rings (SSSR count). The van der Waals surface area contributed by atoms with Crippen LogP contribution in [0.4, 0.5) is 0 Å². The zero-order valence-corrected chi connectivity index (χ0v) is 11.3. The zero-order valence-electron chi connectivity index (χ0n) is 11.3. The molecule has 1 aromatic carbocycles. The second-order valence-electron chi connectivity index (χ2n) is 5.16. The number of carboxylic acid groups (broad SMARTS) is 1. The van der Waals surface area contributed by atoms with Crippen LogP contribution in [-0.4, -0.2) is 11.1 Å². The van der Waals surface area contributed by atoms with E-state index in [9.17, 15) is 4.79 Å². The van der Waals surface area contributed by atoms with Crippen molar-refractivity contribution in [1.82, 2.24) is 5.32 Å². The molecule has 2 N–H and O–H groups in total. The van der Waals surface area contributed by atoms with Crippen LogP contribution in [0, 0.1) is 6.92 Å². The molecule has 0 fully saturated rings. The Bertz CT molecular complexity index is 645. The normalized spacial score (nSPS) is 17.1. The van der Waals surface area contributed by atoms with Crippen LogP contribution in [-0.2, 0) is 13.0 Å². The molecule has 4 nitrogen and oxygen atoms in total. The van der Waals surface area contributed by atoms with Gasteiger partial charge in [0.1, 0.15) is 17.1 Å². The van der Waals surface area contributed by atoms with Gasteiger partial charge >= 0.3 is 5.97 Å². The van der Waals surface area contributed by atoms with Crippen molar-refractivity contribution in [2.75, 3.05) is 0 Å². The van der Waals surface area contributed by atoms with Crippen molar-refractivity contribution in [2.45, 2.75) is 32.4 Å². The lowest BCUT2D eigenvalue weighted by molar-refractivity contribution is 0.0695. The Labute approximate surface area is 117 Å². The Balaban J connectivity index is 1.69. The Hall–Kier alpha value is -2.07. The lowest BCUT2D eigenvalue weighted by atomic mass is 10.1. The summed E-state index contributed by atoms with van der Waals surface area (Å²) in [6.07, 6.45) is 2.16. The molecule has 0 bridgehead atoms. The molecule has 104 valence electrons. The first kappa shape index (κ1) is 12.9. The van der Waals surface area contributed by atoms with Crippen LogP contribution in [0.15, 0.2) is 34.7 Å². The summed E-state index contributed by atoms with van der Waals surface area (Å²) in [6, 6.07) is 10.4. The minimum Gasteiger partial charge on any atom is -0.478 e. The van der Waals surface area contributed by atoms with E-state index in [2.05, 4.69) is 29.6 Å². The van der Waals surface area contributed by atoms with Crippen LogP contribution >= 0.6 is 0 Å². The van der Waals surface area contributed by atoms with Gasteiger partial charge in [-0.1, -0.05) is 24.3 Å². The van der Waals surface area contributed by atoms with E-state index in [-0.39, 0.29) is 5.56 Å². The van der Waals surface area contributed by atoms with Crippen molar-refractivity contribution in [1.29, 1.82) is 0 Å². The average Bonchev–Trinajstić information content (AvgIpc) is 3.00. The number of carbonyl (C=O) groups is 1. The fraction of sp³-hybridized carbons (Fsp3) is 0.312. The molecule has 1 aliphatic carbocycles. The van der Waals surface area contributed by atoms with E-state index in [4.69, 9.17) is 9.52 Å². The van der Waals surface area contributed by atoms with Crippen LogP contribution in [0.5, 0.6) is 0 Å². The zero-order chi connectivity index (χ0) is 14.1. The molecular weight excluding hydrogens is 254 g/mol. The minimum absolute atomic E-state index is 0.244. The van der Waals surface area contributed by atoms with Crippen LogP contribution in [0.1, 0.15) is 45.5 Å². The van der Waals surface area contributed by atoms with Gasteiger partial charge in [-0.3, -0.25) is 0 Å². The van der Waals surface area contributed by atoms with Gasteiger partial charge in [0.25, 0.3) is 0 Å². The number of nitrogens with one attached hydrogen (secondary N) is 1. The predicted molar refractivity (Wildman–Crippen MR) is 74.7 cm³/mol. The van der Waals surface area contributed by atoms with Gasteiger partial charge in [-0.05, 0) is 37.0 Å². The van der Waals surface area contributed by atoms with Gasteiger partial charge in [0.05, 0.1) is 6.54 Å². The second-order valence-corrected chi connectivity index (χ2v) is 5.16. The number of aromatic carboxylic acids is 1. The van der Waals surface area contributed by atoms with Gasteiger partial charge in [-0.2, -0.15) is 0 Å². The number of hydrogen-bond acceptors (Lipinski definition) is 3. The second kappa shape index (κ2) is 5.13. The smallest absolute Gasteiger partial charge is 0.339 e. The van der Waals surface area contributed by atoms with Crippen LogP contribution in [0.3, 0.4) is 0 Å². The highest BCUT2D eigenvalue weighted by molar-refractivity contribution is 5.88. The molecule has 4 heteroatoms. The number of fused-ring (bicyclic) bond motifs is 1. The fourth-order valence-electron chi connectivity index (χ4n) is 2.84. The number of benzene rings is 1. The van der Waals surface area contributed by atoms with Gasteiger partial charge in [-0.25, -0.2) is 4.79 Å². The molecule has 0 spiro atoms. The van der Waals surface area contributed by atoms with Crippen molar-refractivity contribution in [3.8, 4) is 0 Å². The van der Waals surface area contributed by atoms with Gasteiger partial charge < -0.3 is 14.8 Å². The molecule has 1 aliphatic rings. The number of carboxylic acids is 1. The van der Waals surface area contributed by atoms with Gasteiger partial charge in [-0.15, -0.1) is 0 Å². The predicted octanol–water partition coefficient (Wildman–Crippen LogP) is 3.06. The number of furan rings is 1. The van der Waals surface area contributed by atoms with Crippen LogP contribution in [0.25, 0.3) is 0 Å². The maximum absolute atomic E-state index is 11.0. The topological polar surface area (TPSA) is 62.5 Å². The van der Waals surface area contributed by atoms with Crippen LogP contribution in [0.2, 0.25) is 0 Å². The number of aryl methyl sites for hydroxylation is 2. The van der Waals surface area contributed by atoms with E-state index < -0.39 is 5.97 Å². The minimum atomic E-state index is -0.941. The van der Waals surface area contributed by atoms with Crippen LogP contribution < -0.4 is 5.32 Å². The van der Waals surface area contributed by atoms with Crippen molar-refractivity contribution in [3.05, 3.63) is 58.5 Å². The van der Waals surface area contributed by atoms with Crippen molar-refractivity contribution in [3.63, 3.8) is 0 Å². The summed E-state index contributed by atoms with van der Waals surface area (Å²) < 4.78 is 5.48. The summed E-state index contributed by atoms with van der Waals surface area (Å²) >= 11 is 0. The summed E-state index contributed by atoms with van der Waals surface area (Å²) in [5.74, 6) is 0.189. The third kappa shape index (κ3) is 2.34. The standard InChI is InChI=1S/C16H17NO3/c1-10-14(16(18)19)8-12(20-10)9-17-15-7-6-11-4-2-3-5-13(11)15/h2-5,8,15,17H,6-7,9H2,1H3,(H,18,19). The first-order valence-corrected chi connectivity index (χ1v) is 6.79. The Morgan fingerprint density at radius 2 is 2.25 bits per heavy atom. The van der Waals surface area contributed by atoms with Crippen molar-refractivity contribution < 1.29 is 14.3 Å². The highest BCUT2D eigenvalue weighted by Crippen LogP contribution is 2.31. The van der Waals surface area contributed by atoms with Gasteiger partial charge in [0.2, 0.25) is 0 Å². The molecule has 2 aromatic rings. The molecule has 0 aliphatic heterocycles. The highest BCUT2D eigenvalue weighted by Gasteiger charge is 2.22. The summed E-state index contributed by atoms with van der Waals surface area (Å²) in [5.41, 5.74) is 2.98. The Kier molecular flexibility index (Phi) is 3.32. The first-order chi connectivity index (χ1) is 9.65. The van der Waals surface area contributed by atoms with Gasteiger partial charge in [0.15, 0.2) is 0 Å². The molecule has 0 amide bonds. The van der Waals surface area contributed by atoms with E-state index in [1.54, 1.807) is 13.0 Å². The molecule has 1 aromatic heterocycles. The van der Waals surface area contributed by atoms with E-state index in [1.165, 1.54) is 11.1 Å². The average molecular weight is 271 g/mol. The summed E-state index contributed by atoms with van der Waals surface area (Å²) in [4.78, 5) is 11.0. The Morgan fingerprint density at radius 1 is 1.45 bits per heavy atom.